The van der Waals surface area contributed by atoms with Crippen molar-refractivity contribution in [2.45, 2.75) is 26.2 Å². The zero-order valence-electron chi connectivity index (χ0n) is 14.6. The van der Waals surface area contributed by atoms with Gasteiger partial charge in [-0.15, -0.1) is 0 Å². The van der Waals surface area contributed by atoms with Crippen LogP contribution in [-0.2, 0) is 14.9 Å². The van der Waals surface area contributed by atoms with Crippen LogP contribution in [0.4, 0.5) is 0 Å². The molecule has 0 aliphatic heterocycles. The molecule has 1 N–H and O–H groups in total. The number of esters is 1. The second kappa shape index (κ2) is 7.30. The lowest BCUT2D eigenvalue weighted by molar-refractivity contribution is -0.148. The molecule has 0 saturated carbocycles. The number of nitrogens with one attached hydrogen (secondary N) is 1. The first-order valence-electron chi connectivity index (χ1n) is 8.00. The maximum Gasteiger partial charge on any atom is 0.315 e. The Morgan fingerprint density at radius 1 is 0.958 bits per heavy atom. The van der Waals surface area contributed by atoms with E-state index in [2.05, 4.69) is 5.32 Å². The summed E-state index contributed by atoms with van der Waals surface area (Å²) in [4.78, 5) is 23.7. The molecule has 0 fully saturated rings. The summed E-state index contributed by atoms with van der Waals surface area (Å²) in [6.45, 7) is 5.90. The van der Waals surface area contributed by atoms with Crippen molar-refractivity contribution in [2.75, 3.05) is 13.7 Å². The number of carbonyl (C=O) groups excluding carboxylic acids is 2. The van der Waals surface area contributed by atoms with Crippen molar-refractivity contribution >= 4 is 11.9 Å². The molecule has 126 valence electrons. The predicted octanol–water partition coefficient (Wildman–Crippen LogP) is 3.55. The molecule has 0 atom stereocenters. The van der Waals surface area contributed by atoms with Crippen molar-refractivity contribution in [1.29, 1.82) is 0 Å². The van der Waals surface area contributed by atoms with E-state index < -0.39 is 5.41 Å². The van der Waals surface area contributed by atoms with Gasteiger partial charge in [0.05, 0.1) is 12.0 Å². The van der Waals surface area contributed by atoms with Crippen molar-refractivity contribution in [3.63, 3.8) is 0 Å². The number of ether oxygens (including phenoxy) is 1. The average Bonchev–Trinajstić information content (AvgIpc) is 2.61. The summed E-state index contributed by atoms with van der Waals surface area (Å²) in [6.07, 6.45) is 0. The maximum atomic E-state index is 12.1. The first-order chi connectivity index (χ1) is 11.4. The zero-order valence-corrected chi connectivity index (χ0v) is 14.6. The van der Waals surface area contributed by atoms with E-state index in [1.54, 1.807) is 26.1 Å². The van der Waals surface area contributed by atoms with Gasteiger partial charge in [0.2, 0.25) is 0 Å². The standard InChI is InChI=1S/C20H23NO3/c1-5-24-19(23)20(2,3)17-12-10-15(11-13-17)14-6-8-16(9-7-14)18(22)21-4/h6-13H,5H2,1-4H3,(H,21,22). The molecule has 0 bridgehead atoms. The van der Waals surface area contributed by atoms with Crippen LogP contribution in [0.25, 0.3) is 11.1 Å². The second-order valence-electron chi connectivity index (χ2n) is 6.08. The molecule has 0 spiro atoms. The molecule has 0 aliphatic rings. The summed E-state index contributed by atoms with van der Waals surface area (Å²) in [5.74, 6) is -0.333. The molecule has 0 radical (unpaired) electrons. The fraction of sp³-hybridized carbons (Fsp3) is 0.300. The average molecular weight is 325 g/mol. The Kier molecular flexibility index (Phi) is 5.39. The molecule has 4 heteroatoms. The van der Waals surface area contributed by atoms with Gasteiger partial charge in [-0.1, -0.05) is 36.4 Å². The van der Waals surface area contributed by atoms with Crippen LogP contribution in [0.2, 0.25) is 0 Å². The van der Waals surface area contributed by atoms with E-state index >= 15 is 0 Å². The van der Waals surface area contributed by atoms with Gasteiger partial charge in [-0.3, -0.25) is 9.59 Å². The van der Waals surface area contributed by atoms with Gasteiger partial charge in [-0.2, -0.15) is 0 Å². The van der Waals surface area contributed by atoms with E-state index in [4.69, 9.17) is 4.74 Å². The van der Waals surface area contributed by atoms with Crippen LogP contribution in [0, 0.1) is 0 Å². The topological polar surface area (TPSA) is 55.4 Å². The van der Waals surface area contributed by atoms with Gasteiger partial charge in [0, 0.05) is 12.6 Å². The monoisotopic (exact) mass is 325 g/mol. The summed E-state index contributed by atoms with van der Waals surface area (Å²) in [6, 6.07) is 15.3. The minimum absolute atomic E-state index is 0.104. The number of hydrogen-bond donors (Lipinski definition) is 1. The molecule has 2 aromatic carbocycles. The molecule has 1 amide bonds. The molecule has 2 aromatic rings. The van der Waals surface area contributed by atoms with E-state index in [1.165, 1.54) is 0 Å². The first kappa shape index (κ1) is 17.7. The predicted molar refractivity (Wildman–Crippen MR) is 94.9 cm³/mol. The van der Waals surface area contributed by atoms with Gasteiger partial charge in [-0.05, 0) is 49.6 Å². The van der Waals surface area contributed by atoms with E-state index in [0.29, 0.717) is 12.2 Å². The fourth-order valence-electron chi connectivity index (χ4n) is 2.47. The first-order valence-corrected chi connectivity index (χ1v) is 8.00. The highest BCUT2D eigenvalue weighted by Crippen LogP contribution is 2.28. The number of carbonyl (C=O) groups is 2. The molecule has 0 unspecified atom stereocenters. The number of hydrogen-bond acceptors (Lipinski definition) is 3. The van der Waals surface area contributed by atoms with Crippen molar-refractivity contribution < 1.29 is 14.3 Å². The second-order valence-corrected chi connectivity index (χ2v) is 6.08. The van der Waals surface area contributed by atoms with Gasteiger partial charge in [0.25, 0.3) is 5.91 Å². The van der Waals surface area contributed by atoms with Crippen LogP contribution >= 0.6 is 0 Å². The van der Waals surface area contributed by atoms with Gasteiger partial charge >= 0.3 is 5.97 Å². The minimum Gasteiger partial charge on any atom is -0.465 e. The van der Waals surface area contributed by atoms with Crippen molar-refractivity contribution in [3.8, 4) is 11.1 Å². The van der Waals surface area contributed by atoms with Gasteiger partial charge in [-0.25, -0.2) is 0 Å². The molecule has 0 saturated heterocycles. The Hall–Kier alpha value is -2.62. The molecule has 0 aromatic heterocycles. The summed E-state index contributed by atoms with van der Waals surface area (Å²) < 4.78 is 5.15. The summed E-state index contributed by atoms with van der Waals surface area (Å²) in [5.41, 5.74) is 2.90. The lowest BCUT2D eigenvalue weighted by Crippen LogP contribution is -2.31. The number of benzene rings is 2. The maximum absolute atomic E-state index is 12.1. The van der Waals surface area contributed by atoms with Crippen LogP contribution in [0.15, 0.2) is 48.5 Å². The van der Waals surface area contributed by atoms with Crippen LogP contribution in [-0.4, -0.2) is 25.5 Å². The molecule has 0 heterocycles. The Morgan fingerprint density at radius 3 is 1.92 bits per heavy atom. The lowest BCUT2D eigenvalue weighted by atomic mass is 9.84. The highest BCUT2D eigenvalue weighted by atomic mass is 16.5. The zero-order chi connectivity index (χ0) is 17.7. The minimum atomic E-state index is -0.683. The Balaban J connectivity index is 2.23. The van der Waals surface area contributed by atoms with Gasteiger partial charge in [0.15, 0.2) is 0 Å². The number of amides is 1. The SMILES string of the molecule is CCOC(=O)C(C)(C)c1ccc(-c2ccc(C(=O)NC)cc2)cc1. The molecule has 2 rings (SSSR count). The molecule has 24 heavy (non-hydrogen) atoms. The molecular weight excluding hydrogens is 302 g/mol. The number of rotatable bonds is 5. The lowest BCUT2D eigenvalue weighted by Gasteiger charge is -2.23. The third kappa shape index (κ3) is 3.65. The summed E-state index contributed by atoms with van der Waals surface area (Å²) >= 11 is 0. The molecule has 4 nitrogen and oxygen atoms in total. The highest BCUT2D eigenvalue weighted by Gasteiger charge is 2.31. The van der Waals surface area contributed by atoms with E-state index in [-0.39, 0.29) is 11.9 Å². The third-order valence-corrected chi connectivity index (χ3v) is 4.10. The molecule has 0 aliphatic carbocycles. The van der Waals surface area contributed by atoms with Crippen molar-refractivity contribution in [2.24, 2.45) is 0 Å². The molecular formula is C20H23NO3. The van der Waals surface area contributed by atoms with Crippen LogP contribution < -0.4 is 5.32 Å². The summed E-state index contributed by atoms with van der Waals surface area (Å²) in [7, 11) is 1.61. The Bertz CT molecular complexity index is 716. The van der Waals surface area contributed by atoms with E-state index in [9.17, 15) is 9.59 Å². The normalized spacial score (nSPS) is 11.0. The van der Waals surface area contributed by atoms with Gasteiger partial charge in [0.1, 0.15) is 0 Å². The highest BCUT2D eigenvalue weighted by molar-refractivity contribution is 5.94. The Labute approximate surface area is 142 Å². The quantitative estimate of drug-likeness (QED) is 0.855. The van der Waals surface area contributed by atoms with Crippen LogP contribution in [0.1, 0.15) is 36.7 Å². The van der Waals surface area contributed by atoms with Gasteiger partial charge < -0.3 is 10.1 Å². The fourth-order valence-corrected chi connectivity index (χ4v) is 2.47. The largest absolute Gasteiger partial charge is 0.465 e. The van der Waals surface area contributed by atoms with E-state index in [1.807, 2.05) is 50.2 Å². The summed E-state index contributed by atoms with van der Waals surface area (Å²) in [5, 5.41) is 2.60. The van der Waals surface area contributed by atoms with Crippen LogP contribution in [0.5, 0.6) is 0 Å². The van der Waals surface area contributed by atoms with E-state index in [0.717, 1.165) is 16.7 Å². The van der Waals surface area contributed by atoms with Crippen molar-refractivity contribution in [3.05, 3.63) is 59.7 Å². The Morgan fingerprint density at radius 2 is 1.46 bits per heavy atom. The smallest absolute Gasteiger partial charge is 0.315 e. The van der Waals surface area contributed by atoms with Crippen LogP contribution in [0.3, 0.4) is 0 Å². The third-order valence-electron chi connectivity index (χ3n) is 4.10. The van der Waals surface area contributed by atoms with Crippen molar-refractivity contribution in [1.82, 2.24) is 5.32 Å².